The third-order valence-corrected chi connectivity index (χ3v) is 4.97. The van der Waals surface area contributed by atoms with Crippen LogP contribution in [0.25, 0.3) is 5.82 Å². The summed E-state index contributed by atoms with van der Waals surface area (Å²) >= 11 is 12.4. The van der Waals surface area contributed by atoms with Crippen molar-refractivity contribution >= 4 is 46.6 Å². The highest BCUT2D eigenvalue weighted by Gasteiger charge is 2.22. The molecule has 0 spiro atoms. The van der Waals surface area contributed by atoms with E-state index < -0.39 is 11.8 Å². The summed E-state index contributed by atoms with van der Waals surface area (Å²) in [5, 5.41) is 13.0. The Balaban J connectivity index is 2.06. The molecule has 3 N–H and O–H groups in total. The Bertz CT molecular complexity index is 1210. The molecule has 0 saturated carbocycles. The van der Waals surface area contributed by atoms with Crippen molar-refractivity contribution in [2.75, 3.05) is 12.4 Å². The van der Waals surface area contributed by atoms with E-state index in [0.717, 1.165) is 0 Å². The molecule has 0 aliphatic carbocycles. The molecule has 0 fully saturated rings. The van der Waals surface area contributed by atoms with Crippen LogP contribution in [0.4, 0.5) is 5.69 Å². The summed E-state index contributed by atoms with van der Waals surface area (Å²) in [5.41, 5.74) is 1.66. The standard InChI is InChI=1S/C21H20Cl2N6O3/c1-11-7-13(22)8-15(20(31)24-3)18(11)27-21(32)17-9-14(10-26-12(2)30)28-29(17)19-16(23)5-4-6-25-19/h4-9H,10H2,1-3H3,(H,24,31)(H,26,30)(H,27,32). The van der Waals surface area contributed by atoms with Crippen molar-refractivity contribution in [3.63, 3.8) is 0 Å². The van der Waals surface area contributed by atoms with Gasteiger partial charge >= 0.3 is 0 Å². The van der Waals surface area contributed by atoms with Crippen molar-refractivity contribution in [3.8, 4) is 5.82 Å². The molecular formula is C21H20Cl2N6O3. The maximum absolute atomic E-state index is 13.3. The number of nitrogens with zero attached hydrogens (tertiary/aromatic N) is 3. The van der Waals surface area contributed by atoms with E-state index in [2.05, 4.69) is 26.0 Å². The lowest BCUT2D eigenvalue weighted by molar-refractivity contribution is -0.119. The minimum atomic E-state index is -0.552. The molecule has 1 aromatic carbocycles. The number of nitrogens with one attached hydrogen (secondary N) is 3. The smallest absolute Gasteiger partial charge is 0.274 e. The van der Waals surface area contributed by atoms with Gasteiger partial charge in [-0.3, -0.25) is 14.4 Å². The first kappa shape index (κ1) is 23.2. The van der Waals surface area contributed by atoms with E-state index in [1.807, 2.05) is 0 Å². The van der Waals surface area contributed by atoms with Gasteiger partial charge in [-0.2, -0.15) is 5.10 Å². The molecule has 9 nitrogen and oxygen atoms in total. The zero-order valence-electron chi connectivity index (χ0n) is 17.5. The fourth-order valence-electron chi connectivity index (χ4n) is 2.99. The Hall–Kier alpha value is -3.43. The van der Waals surface area contributed by atoms with E-state index in [1.54, 1.807) is 25.1 Å². The third-order valence-electron chi connectivity index (χ3n) is 4.46. The lowest BCUT2D eigenvalue weighted by atomic mass is 10.1. The number of aryl methyl sites for hydroxylation is 1. The number of amides is 3. The summed E-state index contributed by atoms with van der Waals surface area (Å²) in [6.07, 6.45) is 1.52. The molecule has 3 amide bonds. The van der Waals surface area contributed by atoms with Crippen molar-refractivity contribution in [1.82, 2.24) is 25.4 Å². The van der Waals surface area contributed by atoms with Crippen LogP contribution >= 0.6 is 23.2 Å². The quantitative estimate of drug-likeness (QED) is 0.507. The van der Waals surface area contributed by atoms with Gasteiger partial charge in [0.05, 0.1) is 28.5 Å². The van der Waals surface area contributed by atoms with Gasteiger partial charge in [0.25, 0.3) is 11.8 Å². The van der Waals surface area contributed by atoms with Gasteiger partial charge in [0, 0.05) is 25.2 Å². The zero-order valence-corrected chi connectivity index (χ0v) is 19.0. The number of hydrogen-bond donors (Lipinski definition) is 3. The average Bonchev–Trinajstić information content (AvgIpc) is 3.17. The Kier molecular flexibility index (Phi) is 7.12. The van der Waals surface area contributed by atoms with Crippen LogP contribution in [0.2, 0.25) is 10.0 Å². The monoisotopic (exact) mass is 474 g/mol. The zero-order chi connectivity index (χ0) is 23.4. The molecule has 0 atom stereocenters. The van der Waals surface area contributed by atoms with Gasteiger partial charge in [-0.15, -0.1) is 0 Å². The van der Waals surface area contributed by atoms with Gasteiger partial charge < -0.3 is 16.0 Å². The van der Waals surface area contributed by atoms with Crippen LogP contribution in [-0.4, -0.2) is 39.5 Å². The number of carbonyl (C=O) groups excluding carboxylic acids is 3. The van der Waals surface area contributed by atoms with Gasteiger partial charge in [0.1, 0.15) is 5.69 Å². The Morgan fingerprint density at radius 2 is 1.88 bits per heavy atom. The highest BCUT2D eigenvalue weighted by molar-refractivity contribution is 6.32. The second-order valence-electron chi connectivity index (χ2n) is 6.83. The van der Waals surface area contributed by atoms with Gasteiger partial charge in [0.15, 0.2) is 5.82 Å². The number of rotatable bonds is 6. The topological polar surface area (TPSA) is 118 Å². The molecule has 0 unspecified atom stereocenters. The fraction of sp³-hybridized carbons (Fsp3) is 0.190. The van der Waals surface area contributed by atoms with Gasteiger partial charge in [-0.25, -0.2) is 9.67 Å². The molecule has 11 heteroatoms. The molecule has 0 aliphatic heterocycles. The highest BCUT2D eigenvalue weighted by Crippen LogP contribution is 2.27. The van der Waals surface area contributed by atoms with E-state index >= 15 is 0 Å². The Labute approximate surface area is 194 Å². The molecule has 3 aromatic rings. The van der Waals surface area contributed by atoms with Gasteiger partial charge in [-0.1, -0.05) is 23.2 Å². The van der Waals surface area contributed by atoms with E-state index in [0.29, 0.717) is 22.0 Å². The minimum absolute atomic E-state index is 0.108. The predicted octanol–water partition coefficient (Wildman–Crippen LogP) is 3.13. The fourth-order valence-corrected chi connectivity index (χ4v) is 3.46. The van der Waals surface area contributed by atoms with Gasteiger partial charge in [-0.05, 0) is 42.8 Å². The molecule has 2 heterocycles. The van der Waals surface area contributed by atoms with Crippen LogP contribution in [0.5, 0.6) is 0 Å². The second-order valence-corrected chi connectivity index (χ2v) is 7.67. The molecule has 2 aromatic heterocycles. The van der Waals surface area contributed by atoms with Crippen molar-refractivity contribution in [2.45, 2.75) is 20.4 Å². The molecule has 166 valence electrons. The summed E-state index contributed by atoms with van der Waals surface area (Å²) in [6, 6.07) is 7.89. The number of aromatic nitrogens is 3. The van der Waals surface area contributed by atoms with Gasteiger partial charge in [0.2, 0.25) is 5.91 Å². The predicted molar refractivity (Wildman–Crippen MR) is 121 cm³/mol. The maximum Gasteiger partial charge on any atom is 0.274 e. The first-order valence-corrected chi connectivity index (χ1v) is 10.2. The number of carbonyl (C=O) groups is 3. The van der Waals surface area contributed by atoms with E-state index in [1.165, 1.54) is 37.0 Å². The van der Waals surface area contributed by atoms with Crippen LogP contribution in [0, 0.1) is 6.92 Å². The van der Waals surface area contributed by atoms with Crippen LogP contribution in [-0.2, 0) is 11.3 Å². The van der Waals surface area contributed by atoms with Crippen LogP contribution in [0.3, 0.4) is 0 Å². The van der Waals surface area contributed by atoms with Crippen LogP contribution < -0.4 is 16.0 Å². The maximum atomic E-state index is 13.3. The molecule has 0 aliphatic rings. The Morgan fingerprint density at radius 1 is 1.12 bits per heavy atom. The van der Waals surface area contributed by atoms with Crippen molar-refractivity contribution in [1.29, 1.82) is 0 Å². The van der Waals surface area contributed by atoms with Crippen molar-refractivity contribution in [3.05, 3.63) is 69.1 Å². The normalized spacial score (nSPS) is 10.5. The highest BCUT2D eigenvalue weighted by atomic mass is 35.5. The number of halogens is 2. The summed E-state index contributed by atoms with van der Waals surface area (Å²) in [5.74, 6) is -0.955. The molecule has 0 saturated heterocycles. The average molecular weight is 475 g/mol. The van der Waals surface area contributed by atoms with E-state index in [-0.39, 0.29) is 34.5 Å². The number of pyridine rings is 1. The van der Waals surface area contributed by atoms with E-state index in [4.69, 9.17) is 23.2 Å². The Morgan fingerprint density at radius 3 is 2.53 bits per heavy atom. The van der Waals surface area contributed by atoms with Crippen LogP contribution in [0.15, 0.2) is 36.5 Å². The number of benzene rings is 1. The molecule has 32 heavy (non-hydrogen) atoms. The SMILES string of the molecule is CNC(=O)c1cc(Cl)cc(C)c1NC(=O)c1cc(CNC(C)=O)nn1-c1ncccc1Cl. The third kappa shape index (κ3) is 5.06. The first-order chi connectivity index (χ1) is 15.2. The summed E-state index contributed by atoms with van der Waals surface area (Å²) in [4.78, 5) is 41.1. The van der Waals surface area contributed by atoms with Crippen molar-refractivity contribution in [2.24, 2.45) is 0 Å². The largest absolute Gasteiger partial charge is 0.355 e. The van der Waals surface area contributed by atoms with E-state index in [9.17, 15) is 14.4 Å². The summed E-state index contributed by atoms with van der Waals surface area (Å²) < 4.78 is 1.29. The molecular weight excluding hydrogens is 455 g/mol. The number of anilines is 1. The summed E-state index contributed by atoms with van der Waals surface area (Å²) in [6.45, 7) is 3.21. The number of hydrogen-bond acceptors (Lipinski definition) is 5. The van der Waals surface area contributed by atoms with Crippen LogP contribution in [0.1, 0.15) is 39.0 Å². The molecule has 0 radical (unpaired) electrons. The lowest BCUT2D eigenvalue weighted by Gasteiger charge is -2.14. The first-order valence-electron chi connectivity index (χ1n) is 9.49. The molecule has 3 rings (SSSR count). The molecule has 0 bridgehead atoms. The summed E-state index contributed by atoms with van der Waals surface area (Å²) in [7, 11) is 1.48. The second kappa shape index (κ2) is 9.80. The lowest BCUT2D eigenvalue weighted by Crippen LogP contribution is -2.23. The minimum Gasteiger partial charge on any atom is -0.355 e. The van der Waals surface area contributed by atoms with Crippen molar-refractivity contribution < 1.29 is 14.4 Å².